The topological polar surface area (TPSA) is 97.8 Å². The minimum atomic E-state index is -4.58. The summed E-state index contributed by atoms with van der Waals surface area (Å²) in [6.07, 6.45) is 0. The Labute approximate surface area is 164 Å². The molecule has 3 aromatic rings. The summed E-state index contributed by atoms with van der Waals surface area (Å²) in [6, 6.07) is 14.5. The first-order valence-corrected chi connectivity index (χ1v) is 9.73. The Bertz CT molecular complexity index is 1230. The van der Waals surface area contributed by atoms with Crippen LogP contribution in [0.3, 0.4) is 0 Å². The highest BCUT2D eigenvalue weighted by atomic mass is 35.5. The van der Waals surface area contributed by atoms with Crippen molar-refractivity contribution in [2.75, 3.05) is 0 Å². The summed E-state index contributed by atoms with van der Waals surface area (Å²) in [5.41, 5.74) is 0.220. The van der Waals surface area contributed by atoms with Gasteiger partial charge in [0.05, 0.1) is 16.0 Å². The van der Waals surface area contributed by atoms with Crippen molar-refractivity contribution in [3.05, 3.63) is 77.4 Å². The second-order valence-corrected chi connectivity index (χ2v) is 7.82. The first-order chi connectivity index (χ1) is 13.3. The number of amides is 2. The van der Waals surface area contributed by atoms with E-state index in [-0.39, 0.29) is 21.8 Å². The van der Waals surface area contributed by atoms with Gasteiger partial charge in [-0.1, -0.05) is 36.4 Å². The molecule has 1 heterocycles. The fourth-order valence-electron chi connectivity index (χ4n) is 2.99. The summed E-state index contributed by atoms with van der Waals surface area (Å²) in [5.74, 6) is -1.80. The highest BCUT2D eigenvalue weighted by Gasteiger charge is 2.37. The lowest BCUT2D eigenvalue weighted by atomic mass is 9.95. The van der Waals surface area contributed by atoms with Gasteiger partial charge in [0, 0.05) is 10.9 Å². The van der Waals surface area contributed by atoms with Crippen LogP contribution in [0, 0.1) is 0 Å². The van der Waals surface area contributed by atoms with Gasteiger partial charge in [-0.2, -0.15) is 8.42 Å². The lowest BCUT2D eigenvalue weighted by Gasteiger charge is -2.25. The fraction of sp³-hybridized carbons (Fsp3) is 0. The average molecular weight is 416 g/mol. The van der Waals surface area contributed by atoms with Gasteiger partial charge in [0.1, 0.15) is 0 Å². The van der Waals surface area contributed by atoms with E-state index in [2.05, 4.69) is 0 Å². The number of carbonyl (C=O) groups is 3. The fourth-order valence-corrected chi connectivity index (χ4v) is 4.04. The van der Waals surface area contributed by atoms with E-state index in [4.69, 9.17) is 15.9 Å². The van der Waals surface area contributed by atoms with Crippen LogP contribution in [-0.2, 0) is 14.4 Å². The number of hydrogen-bond acceptors (Lipinski definition) is 6. The summed E-state index contributed by atoms with van der Waals surface area (Å²) >= 11 is 5.37. The molecule has 0 saturated carbocycles. The van der Waals surface area contributed by atoms with Gasteiger partial charge in [0.15, 0.2) is 0 Å². The molecule has 0 aliphatic carbocycles. The van der Waals surface area contributed by atoms with E-state index < -0.39 is 32.1 Å². The quantitative estimate of drug-likeness (QED) is 0.479. The standard InChI is InChI=1S/C19H10ClNO6S/c20-17(22)12-6-1-7-13(10-12)28(25,26)27-21-18(23)14-8-2-4-11-5-3-9-15(16(11)14)19(21)24/h1-10H. The van der Waals surface area contributed by atoms with E-state index in [1.165, 1.54) is 24.3 Å². The van der Waals surface area contributed by atoms with E-state index in [0.29, 0.717) is 10.8 Å². The molecule has 0 saturated heterocycles. The van der Waals surface area contributed by atoms with Gasteiger partial charge in [0.2, 0.25) is 0 Å². The molecule has 2 amide bonds. The van der Waals surface area contributed by atoms with Crippen molar-refractivity contribution < 1.29 is 27.1 Å². The molecule has 0 bridgehead atoms. The van der Waals surface area contributed by atoms with Crippen molar-refractivity contribution in [1.82, 2.24) is 5.06 Å². The molecule has 0 aromatic heterocycles. The maximum atomic E-state index is 12.7. The largest absolute Gasteiger partial charge is 0.318 e. The predicted molar refractivity (Wildman–Crippen MR) is 99.3 cm³/mol. The molecule has 0 fully saturated rings. The molecule has 4 rings (SSSR count). The Morgan fingerprint density at radius 1 is 0.893 bits per heavy atom. The summed E-state index contributed by atoms with van der Waals surface area (Å²) < 4.78 is 30.1. The molecule has 1 aliphatic heterocycles. The van der Waals surface area contributed by atoms with E-state index in [0.717, 1.165) is 12.1 Å². The molecule has 0 N–H and O–H groups in total. The monoisotopic (exact) mass is 415 g/mol. The van der Waals surface area contributed by atoms with E-state index >= 15 is 0 Å². The van der Waals surface area contributed by atoms with Crippen LogP contribution in [0.25, 0.3) is 10.8 Å². The van der Waals surface area contributed by atoms with Crippen LogP contribution in [-0.4, -0.2) is 30.5 Å². The van der Waals surface area contributed by atoms with Crippen molar-refractivity contribution in [3.8, 4) is 0 Å². The van der Waals surface area contributed by atoms with Crippen LogP contribution in [0.1, 0.15) is 31.1 Å². The van der Waals surface area contributed by atoms with E-state index in [1.54, 1.807) is 24.3 Å². The summed E-state index contributed by atoms with van der Waals surface area (Å²) in [6.45, 7) is 0. The molecule has 3 aromatic carbocycles. The van der Waals surface area contributed by atoms with Gasteiger partial charge in [0.25, 0.3) is 17.1 Å². The maximum Gasteiger partial charge on any atom is 0.318 e. The Morgan fingerprint density at radius 3 is 2.04 bits per heavy atom. The van der Waals surface area contributed by atoms with Crippen LogP contribution >= 0.6 is 11.6 Å². The molecule has 7 nitrogen and oxygen atoms in total. The SMILES string of the molecule is O=C(Cl)c1cccc(S(=O)(=O)ON2C(=O)c3cccc4cccc(c34)C2=O)c1. The zero-order valence-electron chi connectivity index (χ0n) is 14.0. The first-order valence-electron chi connectivity index (χ1n) is 7.94. The van der Waals surface area contributed by atoms with Crippen molar-refractivity contribution in [3.63, 3.8) is 0 Å². The van der Waals surface area contributed by atoms with Crippen molar-refractivity contribution in [2.24, 2.45) is 0 Å². The van der Waals surface area contributed by atoms with Crippen LogP contribution in [0.5, 0.6) is 0 Å². The van der Waals surface area contributed by atoms with Crippen molar-refractivity contribution in [2.45, 2.75) is 4.90 Å². The Hall–Kier alpha value is -3.07. The second kappa shape index (κ2) is 6.52. The van der Waals surface area contributed by atoms with Gasteiger partial charge in [-0.15, -0.1) is 9.35 Å². The summed E-state index contributed by atoms with van der Waals surface area (Å²) in [4.78, 5) is 36.3. The molecule has 0 spiro atoms. The number of halogens is 1. The number of rotatable bonds is 4. The zero-order valence-corrected chi connectivity index (χ0v) is 15.5. The lowest BCUT2D eigenvalue weighted by Crippen LogP contribution is -2.41. The molecule has 140 valence electrons. The number of benzene rings is 3. The Morgan fingerprint density at radius 2 is 1.46 bits per heavy atom. The van der Waals surface area contributed by atoms with Gasteiger partial charge >= 0.3 is 10.1 Å². The molecule has 1 aliphatic rings. The Kier molecular flexibility index (Phi) is 4.26. The molecule has 0 unspecified atom stereocenters. The number of carbonyl (C=O) groups excluding carboxylic acids is 3. The molecule has 9 heteroatoms. The number of imide groups is 1. The summed E-state index contributed by atoms with van der Waals surface area (Å²) in [7, 11) is -4.58. The third-order valence-corrected chi connectivity index (χ3v) is 5.65. The number of nitrogens with zero attached hydrogens (tertiary/aromatic N) is 1. The van der Waals surface area contributed by atoms with Crippen LogP contribution in [0.15, 0.2) is 65.6 Å². The molecular weight excluding hydrogens is 406 g/mol. The minimum Gasteiger partial charge on any atom is -0.276 e. The molecule has 28 heavy (non-hydrogen) atoms. The van der Waals surface area contributed by atoms with E-state index in [9.17, 15) is 22.8 Å². The highest BCUT2D eigenvalue weighted by Crippen LogP contribution is 2.31. The predicted octanol–water partition coefficient (Wildman–Crippen LogP) is 3.14. The third kappa shape index (κ3) is 2.88. The lowest BCUT2D eigenvalue weighted by molar-refractivity contribution is -0.0155. The first kappa shape index (κ1) is 18.3. The van der Waals surface area contributed by atoms with E-state index in [1.807, 2.05) is 0 Å². The molecule has 0 atom stereocenters. The zero-order chi connectivity index (χ0) is 20.1. The third-order valence-electron chi connectivity index (χ3n) is 4.26. The second-order valence-electron chi connectivity index (χ2n) is 5.94. The van der Waals surface area contributed by atoms with Gasteiger partial charge in [-0.05, 0) is 41.3 Å². The molecule has 0 radical (unpaired) electrons. The van der Waals surface area contributed by atoms with Crippen LogP contribution in [0.2, 0.25) is 0 Å². The number of hydrogen-bond donors (Lipinski definition) is 0. The Balaban J connectivity index is 1.77. The molecular formula is C19H10ClNO6S. The van der Waals surface area contributed by atoms with Crippen LogP contribution in [0.4, 0.5) is 0 Å². The van der Waals surface area contributed by atoms with Crippen LogP contribution < -0.4 is 0 Å². The number of hydroxylamine groups is 2. The summed E-state index contributed by atoms with van der Waals surface area (Å²) in [5, 5.41) is 0.462. The normalized spacial score (nSPS) is 13.8. The smallest absolute Gasteiger partial charge is 0.276 e. The highest BCUT2D eigenvalue weighted by molar-refractivity contribution is 7.86. The minimum absolute atomic E-state index is 0.0715. The van der Waals surface area contributed by atoms with Crippen molar-refractivity contribution >= 4 is 49.5 Å². The van der Waals surface area contributed by atoms with Crippen molar-refractivity contribution in [1.29, 1.82) is 0 Å². The average Bonchev–Trinajstić information content (AvgIpc) is 2.69. The maximum absolute atomic E-state index is 12.7. The van der Waals surface area contributed by atoms with Gasteiger partial charge in [-0.25, -0.2) is 0 Å². The van der Waals surface area contributed by atoms with Gasteiger partial charge < -0.3 is 0 Å². The van der Waals surface area contributed by atoms with Gasteiger partial charge in [-0.3, -0.25) is 14.4 Å².